The maximum absolute atomic E-state index is 5.05. The highest BCUT2D eigenvalue weighted by Crippen LogP contribution is 2.40. The Morgan fingerprint density at radius 2 is 1.81 bits per heavy atom. The van der Waals surface area contributed by atoms with Gasteiger partial charge in [-0.1, -0.05) is 61.7 Å². The maximum Gasteiger partial charge on any atom is 0.184 e. The summed E-state index contributed by atoms with van der Waals surface area (Å²) in [5.74, 6) is 0.843. The first-order valence-corrected chi connectivity index (χ1v) is 9.23. The lowest BCUT2D eigenvalue weighted by atomic mass is 9.81. The minimum absolute atomic E-state index is 0.360. The largest absolute Gasteiger partial charge is 0.278 e. The molecular formula is C21H23N5. The maximum atomic E-state index is 5.05. The van der Waals surface area contributed by atoms with Gasteiger partial charge in [-0.25, -0.2) is 0 Å². The quantitative estimate of drug-likeness (QED) is 0.664. The Kier molecular flexibility index (Phi) is 4.61. The molecule has 5 nitrogen and oxygen atoms in total. The van der Waals surface area contributed by atoms with Gasteiger partial charge >= 0.3 is 0 Å². The van der Waals surface area contributed by atoms with Crippen LogP contribution in [0.4, 0.5) is 0 Å². The van der Waals surface area contributed by atoms with E-state index in [4.69, 9.17) is 4.99 Å². The lowest BCUT2D eigenvalue weighted by Gasteiger charge is -2.32. The van der Waals surface area contributed by atoms with Crippen molar-refractivity contribution in [2.45, 2.75) is 44.6 Å². The molecule has 1 saturated carbocycles. The topological polar surface area (TPSA) is 56.0 Å². The number of tetrazole rings is 1. The second-order valence-corrected chi connectivity index (χ2v) is 7.01. The predicted octanol–water partition coefficient (Wildman–Crippen LogP) is 4.25. The summed E-state index contributed by atoms with van der Waals surface area (Å²) < 4.78 is 1.86. The SMILES string of the molecule is Cc1cccc(-n2nnnc2C2(N=Cc3ccccc3)CCCCC2)c1. The molecule has 4 rings (SSSR count). The van der Waals surface area contributed by atoms with Crippen LogP contribution < -0.4 is 0 Å². The number of hydrogen-bond acceptors (Lipinski definition) is 4. The van der Waals surface area contributed by atoms with Gasteiger partial charge in [-0.2, -0.15) is 4.68 Å². The molecule has 0 spiro atoms. The van der Waals surface area contributed by atoms with Gasteiger partial charge in [-0.05, 0) is 53.5 Å². The highest BCUT2D eigenvalue weighted by molar-refractivity contribution is 5.79. The number of hydrogen-bond donors (Lipinski definition) is 0. The second kappa shape index (κ2) is 7.20. The Bertz CT molecular complexity index is 892. The molecule has 0 radical (unpaired) electrons. The summed E-state index contributed by atoms with van der Waals surface area (Å²) in [6, 6.07) is 18.5. The molecule has 0 amide bonds. The number of aromatic nitrogens is 4. The molecule has 132 valence electrons. The fourth-order valence-corrected chi connectivity index (χ4v) is 3.70. The Morgan fingerprint density at radius 1 is 1.00 bits per heavy atom. The molecule has 26 heavy (non-hydrogen) atoms. The fraction of sp³-hybridized carbons (Fsp3) is 0.333. The van der Waals surface area contributed by atoms with E-state index in [1.54, 1.807) is 0 Å². The molecule has 0 bridgehead atoms. The normalized spacial score (nSPS) is 16.8. The van der Waals surface area contributed by atoms with Crippen molar-refractivity contribution < 1.29 is 0 Å². The van der Waals surface area contributed by atoms with E-state index in [0.717, 1.165) is 42.8 Å². The minimum Gasteiger partial charge on any atom is -0.278 e. The number of aryl methyl sites for hydroxylation is 1. The molecule has 3 aromatic rings. The zero-order chi connectivity index (χ0) is 17.8. The van der Waals surface area contributed by atoms with Gasteiger partial charge in [0.2, 0.25) is 0 Å². The Hall–Kier alpha value is -2.82. The van der Waals surface area contributed by atoms with E-state index in [2.05, 4.69) is 46.7 Å². The van der Waals surface area contributed by atoms with Crippen molar-refractivity contribution in [3.63, 3.8) is 0 Å². The first-order valence-electron chi connectivity index (χ1n) is 9.23. The van der Waals surface area contributed by atoms with E-state index in [1.165, 1.54) is 12.0 Å². The van der Waals surface area contributed by atoms with Crippen LogP contribution in [0.2, 0.25) is 0 Å². The molecule has 0 saturated heterocycles. The van der Waals surface area contributed by atoms with Crippen molar-refractivity contribution in [2.75, 3.05) is 0 Å². The van der Waals surface area contributed by atoms with Crippen LogP contribution in [0, 0.1) is 6.92 Å². The smallest absolute Gasteiger partial charge is 0.184 e. The van der Waals surface area contributed by atoms with Crippen LogP contribution in [0.25, 0.3) is 5.69 Å². The molecule has 1 fully saturated rings. The van der Waals surface area contributed by atoms with Gasteiger partial charge in [0.05, 0.1) is 5.69 Å². The van der Waals surface area contributed by atoms with Crippen molar-refractivity contribution in [1.82, 2.24) is 20.2 Å². The summed E-state index contributed by atoms with van der Waals surface area (Å²) in [6.07, 6.45) is 7.46. The third-order valence-corrected chi connectivity index (χ3v) is 5.07. The van der Waals surface area contributed by atoms with Gasteiger partial charge in [0.25, 0.3) is 0 Å². The van der Waals surface area contributed by atoms with E-state index in [-0.39, 0.29) is 5.54 Å². The molecule has 0 aliphatic heterocycles. The van der Waals surface area contributed by atoms with Gasteiger partial charge in [-0.3, -0.25) is 4.99 Å². The van der Waals surface area contributed by atoms with Crippen molar-refractivity contribution in [1.29, 1.82) is 0 Å². The van der Waals surface area contributed by atoms with E-state index >= 15 is 0 Å². The van der Waals surface area contributed by atoms with E-state index < -0.39 is 0 Å². The van der Waals surface area contributed by atoms with E-state index in [1.807, 2.05) is 41.2 Å². The summed E-state index contributed by atoms with van der Waals surface area (Å²) >= 11 is 0. The Morgan fingerprint density at radius 3 is 2.58 bits per heavy atom. The van der Waals surface area contributed by atoms with Gasteiger partial charge in [-0.15, -0.1) is 5.10 Å². The molecule has 0 unspecified atom stereocenters. The highest BCUT2D eigenvalue weighted by atomic mass is 15.6. The Labute approximate surface area is 153 Å². The predicted molar refractivity (Wildman–Crippen MR) is 103 cm³/mol. The molecule has 2 aromatic carbocycles. The summed E-state index contributed by atoms with van der Waals surface area (Å²) in [5, 5.41) is 12.7. The molecule has 0 N–H and O–H groups in total. The number of nitrogens with zero attached hydrogens (tertiary/aromatic N) is 5. The van der Waals surface area contributed by atoms with Crippen LogP contribution in [0.3, 0.4) is 0 Å². The van der Waals surface area contributed by atoms with Crippen LogP contribution in [0.1, 0.15) is 49.1 Å². The van der Waals surface area contributed by atoms with Crippen molar-refractivity contribution in [3.8, 4) is 5.69 Å². The Balaban J connectivity index is 1.77. The first kappa shape index (κ1) is 16.6. The number of benzene rings is 2. The standard InChI is InChI=1S/C21H23N5/c1-17-9-8-12-19(15-17)26-20(23-24-25-26)21(13-6-3-7-14-21)22-16-18-10-4-2-5-11-18/h2,4-5,8-12,15-16H,3,6-7,13-14H2,1H3. The lowest BCUT2D eigenvalue weighted by Crippen LogP contribution is -2.31. The van der Waals surface area contributed by atoms with Crippen LogP contribution in [0.5, 0.6) is 0 Å². The van der Waals surface area contributed by atoms with Crippen LogP contribution in [-0.2, 0) is 5.54 Å². The van der Waals surface area contributed by atoms with Gasteiger partial charge in [0.15, 0.2) is 5.82 Å². The fourth-order valence-electron chi connectivity index (χ4n) is 3.70. The second-order valence-electron chi connectivity index (χ2n) is 7.01. The summed E-state index contributed by atoms with van der Waals surface area (Å²) in [5.41, 5.74) is 2.92. The minimum atomic E-state index is -0.360. The number of aliphatic imine (C=N–C) groups is 1. The van der Waals surface area contributed by atoms with Gasteiger partial charge in [0, 0.05) is 6.21 Å². The summed E-state index contributed by atoms with van der Waals surface area (Å²) in [4.78, 5) is 5.05. The monoisotopic (exact) mass is 345 g/mol. The molecule has 0 atom stereocenters. The average molecular weight is 345 g/mol. The molecular weight excluding hydrogens is 322 g/mol. The van der Waals surface area contributed by atoms with Gasteiger partial charge in [0.1, 0.15) is 5.54 Å². The first-order chi connectivity index (χ1) is 12.8. The number of rotatable bonds is 4. The zero-order valence-electron chi connectivity index (χ0n) is 15.0. The van der Waals surface area contributed by atoms with Crippen LogP contribution >= 0.6 is 0 Å². The summed E-state index contributed by atoms with van der Waals surface area (Å²) in [7, 11) is 0. The highest BCUT2D eigenvalue weighted by Gasteiger charge is 2.38. The molecule has 1 heterocycles. The zero-order valence-corrected chi connectivity index (χ0v) is 15.0. The van der Waals surface area contributed by atoms with Crippen molar-refractivity contribution in [2.24, 2.45) is 4.99 Å². The average Bonchev–Trinajstić information content (AvgIpc) is 3.19. The van der Waals surface area contributed by atoms with Crippen LogP contribution in [-0.4, -0.2) is 26.4 Å². The lowest BCUT2D eigenvalue weighted by molar-refractivity contribution is 0.286. The van der Waals surface area contributed by atoms with Crippen molar-refractivity contribution >= 4 is 6.21 Å². The third-order valence-electron chi connectivity index (χ3n) is 5.07. The third kappa shape index (κ3) is 3.29. The summed E-state index contributed by atoms with van der Waals surface area (Å²) in [6.45, 7) is 2.08. The molecule has 1 aromatic heterocycles. The van der Waals surface area contributed by atoms with Gasteiger partial charge < -0.3 is 0 Å². The van der Waals surface area contributed by atoms with E-state index in [9.17, 15) is 0 Å². The molecule has 1 aliphatic rings. The molecule has 5 heteroatoms. The molecule has 1 aliphatic carbocycles. The van der Waals surface area contributed by atoms with E-state index in [0.29, 0.717) is 0 Å². The van der Waals surface area contributed by atoms with Crippen LogP contribution in [0.15, 0.2) is 59.6 Å². The van der Waals surface area contributed by atoms with Crippen molar-refractivity contribution in [3.05, 3.63) is 71.5 Å².